The Morgan fingerprint density at radius 3 is 1.48 bits per heavy atom. The molecule has 0 aromatic heterocycles. The maximum atomic E-state index is 11.3. The molecule has 0 saturated heterocycles. The van der Waals surface area contributed by atoms with Gasteiger partial charge in [0.25, 0.3) is 10.1 Å². The van der Waals surface area contributed by atoms with Gasteiger partial charge in [0, 0.05) is 12.2 Å². The fraction of sp³-hybridized carbons (Fsp3) is 0.810. The van der Waals surface area contributed by atoms with E-state index in [9.17, 15) is 18.0 Å². The average Bonchev–Trinajstić information content (AvgIpc) is 3.02. The predicted molar refractivity (Wildman–Crippen MR) is 118 cm³/mol. The van der Waals surface area contributed by atoms with Crippen molar-refractivity contribution in [3.8, 4) is 0 Å². The van der Waals surface area contributed by atoms with E-state index < -0.39 is 22.1 Å². The number of cyclic esters (lactones) is 2. The summed E-state index contributed by atoms with van der Waals surface area (Å²) in [6, 6.07) is 0. The van der Waals surface area contributed by atoms with E-state index in [1.807, 2.05) is 6.92 Å². The second-order valence-electron chi connectivity index (χ2n) is 7.05. The number of carbonyl (C=O) groups is 2. The summed E-state index contributed by atoms with van der Waals surface area (Å²) >= 11 is 0. The van der Waals surface area contributed by atoms with Crippen LogP contribution in [0.15, 0.2) is 12.2 Å². The van der Waals surface area contributed by atoms with Crippen molar-refractivity contribution in [2.75, 3.05) is 12.4 Å². The zero-order valence-corrected chi connectivity index (χ0v) is 18.4. The molecule has 0 unspecified atom stereocenters. The number of esters is 2. The summed E-state index contributed by atoms with van der Waals surface area (Å²) in [7, 11) is -3.25. The number of hydrogen-bond acceptors (Lipinski definition) is 6. The van der Waals surface area contributed by atoms with Gasteiger partial charge < -0.3 is 4.74 Å². The van der Waals surface area contributed by atoms with Crippen LogP contribution in [0.25, 0.3) is 0 Å². The van der Waals surface area contributed by atoms with Gasteiger partial charge in [0.05, 0.1) is 12.4 Å². The Hall–Kier alpha value is -0.210. The Morgan fingerprint density at radius 2 is 1.14 bits per heavy atom. The second-order valence-corrected chi connectivity index (χ2v) is 8.81. The Kier molecular flexibility index (Phi) is 22.5. The van der Waals surface area contributed by atoms with Crippen LogP contribution < -0.4 is 0 Å². The first-order valence-electron chi connectivity index (χ1n) is 10.7. The monoisotopic (exact) mass is 442 g/mol. The standard InChI is InChI=1S/C17H36O3S.C4H2O3.Na.H/c1-3-5-6-7-8-9-10-11-12-13-14-15-16-20-21(18,19)17-4-2;5-3-1-2-4(6)7-3;;/h3-17H2,1-2H3;1-2H;;. The van der Waals surface area contributed by atoms with E-state index in [1.54, 1.807) is 0 Å². The van der Waals surface area contributed by atoms with Crippen LogP contribution in [-0.2, 0) is 28.6 Å². The first-order chi connectivity index (χ1) is 13.4. The van der Waals surface area contributed by atoms with Crippen LogP contribution >= 0.6 is 0 Å². The van der Waals surface area contributed by atoms with Gasteiger partial charge in [-0.1, -0.05) is 84.5 Å². The third-order valence-corrected chi connectivity index (χ3v) is 5.71. The maximum absolute atomic E-state index is 11.3. The number of carbonyl (C=O) groups excluding carboxylic acids is 2. The molecule has 8 heteroatoms. The molecule has 1 aliphatic rings. The Balaban J connectivity index is 0. The zero-order valence-electron chi connectivity index (χ0n) is 17.6. The molecule has 0 spiro atoms. The second kappa shape index (κ2) is 21.0. The Morgan fingerprint density at radius 1 is 0.724 bits per heavy atom. The van der Waals surface area contributed by atoms with Crippen LogP contribution in [0.3, 0.4) is 0 Å². The summed E-state index contributed by atoms with van der Waals surface area (Å²) in [6.45, 7) is 4.47. The van der Waals surface area contributed by atoms with Gasteiger partial charge in [-0.05, 0) is 12.8 Å². The molecule has 0 bridgehead atoms. The minimum atomic E-state index is -3.25. The zero-order chi connectivity index (χ0) is 21.1. The topological polar surface area (TPSA) is 86.7 Å². The molecule has 0 amide bonds. The van der Waals surface area contributed by atoms with Crippen LogP contribution in [0.4, 0.5) is 0 Å². The summed E-state index contributed by atoms with van der Waals surface area (Å²) in [5, 5.41) is 0. The van der Waals surface area contributed by atoms with Crippen molar-refractivity contribution in [3.05, 3.63) is 12.2 Å². The van der Waals surface area contributed by atoms with Crippen molar-refractivity contribution in [3.63, 3.8) is 0 Å². The molecular weight excluding hydrogens is 403 g/mol. The first kappa shape index (κ1) is 31.0. The molecule has 0 saturated carbocycles. The van der Waals surface area contributed by atoms with Gasteiger partial charge in [-0.15, -0.1) is 0 Å². The molecule has 0 aromatic carbocycles. The van der Waals surface area contributed by atoms with Crippen LogP contribution in [0.1, 0.15) is 97.3 Å². The first-order valence-corrected chi connectivity index (χ1v) is 12.3. The van der Waals surface area contributed by atoms with Gasteiger partial charge in [-0.3, -0.25) is 4.18 Å². The van der Waals surface area contributed by atoms with Gasteiger partial charge in [0.2, 0.25) is 0 Å². The van der Waals surface area contributed by atoms with Crippen molar-refractivity contribution in [2.45, 2.75) is 97.3 Å². The van der Waals surface area contributed by atoms with E-state index in [-0.39, 0.29) is 35.3 Å². The summed E-state index contributed by atoms with van der Waals surface area (Å²) in [4.78, 5) is 19.8. The number of hydrogen-bond donors (Lipinski definition) is 0. The van der Waals surface area contributed by atoms with E-state index in [4.69, 9.17) is 4.18 Å². The molecule has 1 rings (SSSR count). The van der Waals surface area contributed by atoms with Crippen molar-refractivity contribution >= 4 is 51.6 Å². The fourth-order valence-corrected chi connectivity index (χ4v) is 3.73. The van der Waals surface area contributed by atoms with Crippen molar-refractivity contribution < 1.29 is 26.9 Å². The predicted octanol–water partition coefficient (Wildman–Crippen LogP) is 4.42. The molecule has 6 nitrogen and oxygen atoms in total. The quantitative estimate of drug-likeness (QED) is 0.116. The molecule has 166 valence electrons. The van der Waals surface area contributed by atoms with E-state index >= 15 is 0 Å². The van der Waals surface area contributed by atoms with Gasteiger partial charge in [0.15, 0.2) is 0 Å². The number of rotatable bonds is 16. The van der Waals surface area contributed by atoms with Crippen LogP contribution in [0.2, 0.25) is 0 Å². The molecule has 0 atom stereocenters. The van der Waals surface area contributed by atoms with Gasteiger partial charge in [0.1, 0.15) is 0 Å². The molecule has 0 N–H and O–H groups in total. The summed E-state index contributed by atoms with van der Waals surface area (Å²) < 4.78 is 31.5. The SMILES string of the molecule is CCCCCCCCCCCCCCOS(=O)(=O)CCC.O=C1C=CC(=O)O1.[NaH]. The van der Waals surface area contributed by atoms with Crippen molar-refractivity contribution in [1.82, 2.24) is 0 Å². The van der Waals surface area contributed by atoms with Gasteiger partial charge >= 0.3 is 41.5 Å². The average molecular weight is 443 g/mol. The van der Waals surface area contributed by atoms with E-state index in [1.165, 1.54) is 64.2 Å². The van der Waals surface area contributed by atoms with Gasteiger partial charge in [-0.25, -0.2) is 9.59 Å². The molecule has 0 fully saturated rings. The van der Waals surface area contributed by atoms with Crippen LogP contribution in [0, 0.1) is 0 Å². The Labute approximate surface area is 199 Å². The third-order valence-electron chi connectivity index (χ3n) is 4.27. The fourth-order valence-electron chi connectivity index (χ4n) is 2.74. The third kappa shape index (κ3) is 22.3. The molecule has 29 heavy (non-hydrogen) atoms. The molecule has 1 heterocycles. The van der Waals surface area contributed by atoms with Crippen molar-refractivity contribution in [1.29, 1.82) is 0 Å². The van der Waals surface area contributed by atoms with E-state index in [0.717, 1.165) is 25.0 Å². The van der Waals surface area contributed by atoms with Gasteiger partial charge in [-0.2, -0.15) is 8.42 Å². The number of ether oxygens (including phenoxy) is 1. The summed E-state index contributed by atoms with van der Waals surface area (Å²) in [5.41, 5.74) is 0. The van der Waals surface area contributed by atoms with Crippen molar-refractivity contribution in [2.24, 2.45) is 0 Å². The molecule has 0 radical (unpaired) electrons. The normalized spacial score (nSPS) is 12.9. The molecule has 0 aliphatic carbocycles. The molecular formula is C21H39NaO6S. The summed E-state index contributed by atoms with van der Waals surface area (Å²) in [5.74, 6) is -1.01. The van der Waals surface area contributed by atoms with Crippen LogP contribution in [0.5, 0.6) is 0 Å². The minimum absolute atomic E-state index is 0. The Bertz CT molecular complexity index is 529. The number of unbranched alkanes of at least 4 members (excludes halogenated alkanes) is 11. The van der Waals surface area contributed by atoms with E-state index in [0.29, 0.717) is 13.0 Å². The molecule has 0 aromatic rings. The summed E-state index contributed by atoms with van der Waals surface area (Å²) in [6.07, 6.45) is 18.2. The van der Waals surface area contributed by atoms with Crippen LogP contribution in [-0.4, -0.2) is 62.3 Å². The van der Waals surface area contributed by atoms with E-state index in [2.05, 4.69) is 11.7 Å². The molecule has 1 aliphatic heterocycles.